The number of nitrogen functional groups attached to an aromatic ring is 1. The molecule has 2 aromatic rings. The van der Waals surface area contributed by atoms with Crippen molar-refractivity contribution in [3.05, 3.63) is 48.5 Å². The van der Waals surface area contributed by atoms with Crippen molar-refractivity contribution in [3.63, 3.8) is 0 Å². The largest absolute Gasteiger partial charge is 0.398 e. The highest BCUT2D eigenvalue weighted by Gasteiger charge is 2.25. The van der Waals surface area contributed by atoms with Crippen molar-refractivity contribution < 1.29 is 8.42 Å². The van der Waals surface area contributed by atoms with Crippen molar-refractivity contribution >= 4 is 15.7 Å². The van der Waals surface area contributed by atoms with E-state index in [2.05, 4.69) is 9.97 Å². The van der Waals surface area contributed by atoms with Gasteiger partial charge in [-0.25, -0.2) is 8.42 Å². The molecule has 0 bridgehead atoms. The summed E-state index contributed by atoms with van der Waals surface area (Å²) in [6, 6.07) is 5.04. The van der Waals surface area contributed by atoms with Crippen LogP contribution in [0.25, 0.3) is 0 Å². The van der Waals surface area contributed by atoms with Crippen LogP contribution in [0.4, 0.5) is 5.69 Å². The van der Waals surface area contributed by atoms with Gasteiger partial charge in [0, 0.05) is 37.9 Å². The fraction of sp³-hybridized carbons (Fsp3) is 0.231. The first kappa shape index (κ1) is 14.4. The summed E-state index contributed by atoms with van der Waals surface area (Å²) in [7, 11) is -3.65. The normalized spacial score (nSPS) is 11.7. The van der Waals surface area contributed by atoms with Gasteiger partial charge >= 0.3 is 0 Å². The molecule has 6 nitrogen and oxygen atoms in total. The van der Waals surface area contributed by atoms with Gasteiger partial charge in [0.1, 0.15) is 4.90 Å². The number of nitrogens with zero attached hydrogens (tertiary/aromatic N) is 3. The fourth-order valence-electron chi connectivity index (χ4n) is 1.80. The Labute approximate surface area is 118 Å². The Bertz CT molecular complexity index is 674. The van der Waals surface area contributed by atoms with E-state index in [1.54, 1.807) is 31.5 Å². The van der Waals surface area contributed by atoms with E-state index in [1.165, 1.54) is 22.8 Å². The Kier molecular flexibility index (Phi) is 4.31. The second kappa shape index (κ2) is 5.98. The van der Waals surface area contributed by atoms with E-state index in [1.807, 2.05) is 0 Å². The number of aromatic nitrogens is 2. The predicted octanol–water partition coefficient (Wildman–Crippen LogP) is 1.27. The van der Waals surface area contributed by atoms with E-state index >= 15 is 0 Å². The second-order valence-electron chi connectivity index (χ2n) is 4.20. The highest BCUT2D eigenvalue weighted by molar-refractivity contribution is 7.89. The van der Waals surface area contributed by atoms with Crippen LogP contribution in [0.1, 0.15) is 12.5 Å². The summed E-state index contributed by atoms with van der Waals surface area (Å²) in [5.74, 6) is 0. The summed E-state index contributed by atoms with van der Waals surface area (Å²) >= 11 is 0. The molecule has 0 spiro atoms. The Balaban J connectivity index is 2.34. The molecule has 2 heterocycles. The molecule has 0 radical (unpaired) electrons. The second-order valence-corrected chi connectivity index (χ2v) is 6.11. The van der Waals surface area contributed by atoms with Gasteiger partial charge in [-0.1, -0.05) is 6.92 Å². The fourth-order valence-corrected chi connectivity index (χ4v) is 3.30. The smallest absolute Gasteiger partial charge is 0.246 e. The number of pyridine rings is 2. The van der Waals surface area contributed by atoms with Gasteiger partial charge in [-0.3, -0.25) is 9.97 Å². The van der Waals surface area contributed by atoms with Gasteiger partial charge in [0.15, 0.2) is 0 Å². The molecule has 0 unspecified atom stereocenters. The van der Waals surface area contributed by atoms with Crippen LogP contribution in [0.15, 0.2) is 47.9 Å². The van der Waals surface area contributed by atoms with Crippen LogP contribution in [0.5, 0.6) is 0 Å². The quantitative estimate of drug-likeness (QED) is 0.896. The zero-order valence-electron chi connectivity index (χ0n) is 11.1. The highest BCUT2D eigenvalue weighted by atomic mass is 32.2. The number of anilines is 1. The van der Waals surface area contributed by atoms with Gasteiger partial charge < -0.3 is 5.73 Å². The van der Waals surface area contributed by atoms with Gasteiger partial charge in [-0.2, -0.15) is 4.31 Å². The summed E-state index contributed by atoms with van der Waals surface area (Å²) in [5, 5.41) is 0. The first-order valence-electron chi connectivity index (χ1n) is 6.14. The summed E-state index contributed by atoms with van der Waals surface area (Å²) in [4.78, 5) is 7.79. The first-order chi connectivity index (χ1) is 9.55. The predicted molar refractivity (Wildman–Crippen MR) is 76.2 cm³/mol. The molecule has 0 atom stereocenters. The van der Waals surface area contributed by atoms with Crippen molar-refractivity contribution in [1.29, 1.82) is 0 Å². The molecule has 7 heteroatoms. The van der Waals surface area contributed by atoms with Gasteiger partial charge in [0.05, 0.1) is 5.69 Å². The van der Waals surface area contributed by atoms with E-state index in [9.17, 15) is 8.42 Å². The molecule has 106 valence electrons. The Morgan fingerprint density at radius 1 is 1.15 bits per heavy atom. The van der Waals surface area contributed by atoms with E-state index in [4.69, 9.17) is 5.73 Å². The summed E-state index contributed by atoms with van der Waals surface area (Å²) in [6.07, 6.45) is 6.01. The molecule has 0 aliphatic heterocycles. The topological polar surface area (TPSA) is 89.2 Å². The van der Waals surface area contributed by atoms with Gasteiger partial charge in [-0.15, -0.1) is 0 Å². The van der Waals surface area contributed by atoms with Crippen LogP contribution in [0, 0.1) is 0 Å². The van der Waals surface area contributed by atoms with Gasteiger partial charge in [-0.05, 0) is 23.8 Å². The number of hydrogen-bond donors (Lipinski definition) is 1. The van der Waals surface area contributed by atoms with E-state index < -0.39 is 10.0 Å². The van der Waals surface area contributed by atoms with Crippen molar-refractivity contribution in [2.75, 3.05) is 12.3 Å². The number of nitrogens with two attached hydrogens (primary N) is 1. The molecule has 2 N–H and O–H groups in total. The molecular weight excluding hydrogens is 276 g/mol. The number of rotatable bonds is 5. The third-order valence-corrected chi connectivity index (χ3v) is 4.86. The van der Waals surface area contributed by atoms with Gasteiger partial charge in [0.2, 0.25) is 10.0 Å². The van der Waals surface area contributed by atoms with Crippen LogP contribution >= 0.6 is 0 Å². The lowest BCUT2D eigenvalue weighted by Crippen LogP contribution is -2.31. The molecule has 2 rings (SSSR count). The number of sulfonamides is 1. The minimum absolute atomic E-state index is 0.0379. The monoisotopic (exact) mass is 292 g/mol. The third kappa shape index (κ3) is 2.94. The molecule has 0 fully saturated rings. The average molecular weight is 292 g/mol. The lowest BCUT2D eigenvalue weighted by molar-refractivity contribution is 0.423. The lowest BCUT2D eigenvalue weighted by atomic mass is 10.3. The minimum atomic E-state index is -3.65. The molecular formula is C13H16N4O2S. The van der Waals surface area contributed by atoms with Crippen molar-refractivity contribution in [1.82, 2.24) is 14.3 Å². The van der Waals surface area contributed by atoms with E-state index in [0.717, 1.165) is 5.56 Å². The maximum Gasteiger partial charge on any atom is 0.246 e. The molecule has 2 aromatic heterocycles. The highest BCUT2D eigenvalue weighted by Crippen LogP contribution is 2.22. The van der Waals surface area contributed by atoms with Crippen molar-refractivity contribution in [2.24, 2.45) is 0 Å². The Morgan fingerprint density at radius 3 is 2.40 bits per heavy atom. The molecule has 0 aliphatic carbocycles. The molecule has 0 saturated carbocycles. The van der Waals surface area contributed by atoms with Crippen LogP contribution in [-0.4, -0.2) is 29.2 Å². The van der Waals surface area contributed by atoms with Crippen molar-refractivity contribution in [2.45, 2.75) is 18.4 Å². The maximum absolute atomic E-state index is 12.6. The standard InChI is InChI=1S/C13H16N4O2S/c1-2-17(10-11-3-6-15-7-4-11)20(18,19)13-9-16-8-5-12(13)14/h3-9H,2,10H2,1H3,(H2,14,16). The molecule has 0 aliphatic rings. The summed E-state index contributed by atoms with van der Waals surface area (Å²) in [5.41, 5.74) is 6.81. The summed E-state index contributed by atoms with van der Waals surface area (Å²) < 4.78 is 26.5. The molecule has 0 amide bonds. The molecule has 20 heavy (non-hydrogen) atoms. The van der Waals surface area contributed by atoms with Gasteiger partial charge in [0.25, 0.3) is 0 Å². The van der Waals surface area contributed by atoms with Crippen LogP contribution in [0.2, 0.25) is 0 Å². The Morgan fingerprint density at radius 2 is 1.80 bits per heavy atom. The molecule has 0 aromatic carbocycles. The first-order valence-corrected chi connectivity index (χ1v) is 7.58. The van der Waals surface area contributed by atoms with E-state index in [-0.39, 0.29) is 17.1 Å². The van der Waals surface area contributed by atoms with Crippen LogP contribution in [0.3, 0.4) is 0 Å². The van der Waals surface area contributed by atoms with Crippen LogP contribution in [-0.2, 0) is 16.6 Å². The maximum atomic E-state index is 12.6. The SMILES string of the molecule is CCN(Cc1ccncc1)S(=O)(=O)c1cnccc1N. The third-order valence-electron chi connectivity index (χ3n) is 2.90. The Hall–Kier alpha value is -1.99. The molecule has 0 saturated heterocycles. The average Bonchev–Trinajstić information content (AvgIpc) is 2.46. The van der Waals surface area contributed by atoms with Crippen LogP contribution < -0.4 is 5.73 Å². The lowest BCUT2D eigenvalue weighted by Gasteiger charge is -2.21. The number of hydrogen-bond acceptors (Lipinski definition) is 5. The zero-order chi connectivity index (χ0) is 14.6. The minimum Gasteiger partial charge on any atom is -0.398 e. The summed E-state index contributed by atoms with van der Waals surface area (Å²) in [6.45, 7) is 2.40. The zero-order valence-corrected chi connectivity index (χ0v) is 11.9. The van der Waals surface area contributed by atoms with E-state index in [0.29, 0.717) is 6.54 Å². The van der Waals surface area contributed by atoms with Crippen molar-refractivity contribution in [3.8, 4) is 0 Å².